The van der Waals surface area contributed by atoms with Gasteiger partial charge in [0.25, 0.3) is 5.69 Å². The molecule has 0 amide bonds. The molecule has 0 aromatic heterocycles. The number of hydrogen-bond acceptors (Lipinski definition) is 6. The Morgan fingerprint density at radius 2 is 1.50 bits per heavy atom. The molecule has 0 saturated heterocycles. The van der Waals surface area contributed by atoms with Crippen molar-refractivity contribution in [2.45, 2.75) is 10.1 Å². The number of carbonyl (C=O) groups excluding carboxylic acids is 1. The number of Topliss-reactive ketones (excluding diaryl/α,β-unsaturated/α-hetero) is 1. The molecule has 3 aromatic carbocycles. The van der Waals surface area contributed by atoms with Crippen LogP contribution in [0.5, 0.6) is 0 Å². The van der Waals surface area contributed by atoms with Crippen LogP contribution in [0.2, 0.25) is 0 Å². The first kappa shape index (κ1) is 18.3. The van der Waals surface area contributed by atoms with E-state index in [0.717, 1.165) is 0 Å². The first-order valence-corrected chi connectivity index (χ1v) is 10.7. The SMILES string of the molecule is O=C1C2=C(Nc3ccccc3S(=O)(=O)C2c2ccc([N+](=O)[O-])cc2)c2ccccc21. The number of nitro groups is 1. The number of benzene rings is 3. The lowest BCUT2D eigenvalue weighted by Gasteiger charge is -2.18. The van der Waals surface area contributed by atoms with Crippen molar-refractivity contribution in [2.24, 2.45) is 0 Å². The van der Waals surface area contributed by atoms with Crippen molar-refractivity contribution in [2.75, 3.05) is 5.32 Å². The Labute approximate surface area is 171 Å². The molecular formula is C22H14N2O5S. The van der Waals surface area contributed by atoms with Gasteiger partial charge < -0.3 is 5.32 Å². The summed E-state index contributed by atoms with van der Waals surface area (Å²) < 4.78 is 27.4. The third kappa shape index (κ3) is 2.50. The smallest absolute Gasteiger partial charge is 0.269 e. The summed E-state index contributed by atoms with van der Waals surface area (Å²) in [6, 6.07) is 18.7. The van der Waals surface area contributed by atoms with E-state index in [1.54, 1.807) is 42.5 Å². The highest BCUT2D eigenvalue weighted by atomic mass is 32.2. The lowest BCUT2D eigenvalue weighted by molar-refractivity contribution is -0.384. The van der Waals surface area contributed by atoms with Gasteiger partial charge in [-0.1, -0.05) is 48.5 Å². The second-order valence-electron chi connectivity index (χ2n) is 7.06. The maximum absolute atomic E-state index is 13.7. The van der Waals surface area contributed by atoms with Crippen LogP contribution in [-0.2, 0) is 9.84 Å². The first-order chi connectivity index (χ1) is 14.4. The molecule has 0 saturated carbocycles. The van der Waals surface area contributed by atoms with E-state index in [-0.39, 0.29) is 21.9 Å². The number of non-ortho nitro benzene ring substituents is 1. The lowest BCUT2D eigenvalue weighted by atomic mass is 10.0. The van der Waals surface area contributed by atoms with Gasteiger partial charge in [-0.3, -0.25) is 14.9 Å². The van der Waals surface area contributed by atoms with Crippen LogP contribution in [0.25, 0.3) is 5.70 Å². The zero-order valence-corrected chi connectivity index (χ0v) is 16.2. The van der Waals surface area contributed by atoms with Gasteiger partial charge in [-0.25, -0.2) is 8.42 Å². The Morgan fingerprint density at radius 3 is 2.20 bits per heavy atom. The molecule has 148 valence electrons. The molecule has 0 spiro atoms. The van der Waals surface area contributed by atoms with Gasteiger partial charge in [-0.2, -0.15) is 0 Å². The fourth-order valence-electron chi connectivity index (χ4n) is 4.04. The molecule has 1 aliphatic heterocycles. The maximum Gasteiger partial charge on any atom is 0.269 e. The maximum atomic E-state index is 13.7. The van der Waals surface area contributed by atoms with E-state index < -0.39 is 20.0 Å². The summed E-state index contributed by atoms with van der Waals surface area (Å²) in [7, 11) is -4.02. The quantitative estimate of drug-likeness (QED) is 0.495. The number of sulfone groups is 1. The zero-order valence-electron chi connectivity index (χ0n) is 15.4. The Morgan fingerprint density at radius 1 is 0.867 bits per heavy atom. The van der Waals surface area contributed by atoms with E-state index in [1.165, 1.54) is 30.3 Å². The Balaban J connectivity index is 1.82. The van der Waals surface area contributed by atoms with Crippen molar-refractivity contribution in [1.29, 1.82) is 0 Å². The minimum Gasteiger partial charge on any atom is -0.354 e. The Hall–Kier alpha value is -3.78. The van der Waals surface area contributed by atoms with E-state index in [9.17, 15) is 23.3 Å². The molecule has 3 aromatic rings. The normalized spacial score (nSPS) is 18.7. The second-order valence-corrected chi connectivity index (χ2v) is 9.06. The number of hydrogen-bond donors (Lipinski definition) is 1. The van der Waals surface area contributed by atoms with Gasteiger partial charge in [0.2, 0.25) is 0 Å². The number of ketones is 1. The third-order valence-electron chi connectivity index (χ3n) is 5.39. The summed E-state index contributed by atoms with van der Waals surface area (Å²) in [4.78, 5) is 23.9. The molecule has 30 heavy (non-hydrogen) atoms. The average molecular weight is 418 g/mol. The molecule has 0 fully saturated rings. The number of anilines is 1. The van der Waals surface area contributed by atoms with Crippen LogP contribution in [0.1, 0.15) is 26.7 Å². The second kappa shape index (κ2) is 6.36. The van der Waals surface area contributed by atoms with E-state index >= 15 is 0 Å². The number of nitrogens with zero attached hydrogens (tertiary/aromatic N) is 1. The van der Waals surface area contributed by atoms with Crippen molar-refractivity contribution >= 4 is 32.7 Å². The van der Waals surface area contributed by atoms with Gasteiger partial charge in [-0.05, 0) is 17.7 Å². The van der Waals surface area contributed by atoms with Crippen molar-refractivity contribution in [1.82, 2.24) is 0 Å². The predicted molar refractivity (Wildman–Crippen MR) is 111 cm³/mol. The van der Waals surface area contributed by atoms with E-state index in [2.05, 4.69) is 5.32 Å². The van der Waals surface area contributed by atoms with Gasteiger partial charge in [-0.15, -0.1) is 0 Å². The van der Waals surface area contributed by atoms with Gasteiger partial charge in [0.1, 0.15) is 5.25 Å². The minimum absolute atomic E-state index is 0.0769. The number of nitro benzene ring substituents is 1. The fraction of sp³-hybridized carbons (Fsp3) is 0.0455. The molecule has 2 aliphatic rings. The third-order valence-corrected chi connectivity index (χ3v) is 7.48. The van der Waals surface area contributed by atoms with Crippen LogP contribution in [0.3, 0.4) is 0 Å². The summed E-state index contributed by atoms with van der Waals surface area (Å²) in [5, 5.41) is 12.9. The summed E-state index contributed by atoms with van der Waals surface area (Å²) in [6.45, 7) is 0. The molecule has 1 atom stereocenters. The molecular weight excluding hydrogens is 404 g/mol. The van der Waals surface area contributed by atoms with E-state index in [1.807, 2.05) is 0 Å². The summed E-state index contributed by atoms with van der Waals surface area (Å²) in [5.74, 6) is -0.368. The minimum atomic E-state index is -4.02. The molecule has 7 nitrogen and oxygen atoms in total. The molecule has 1 heterocycles. The number of nitrogens with one attached hydrogen (secondary N) is 1. The monoisotopic (exact) mass is 418 g/mol. The van der Waals surface area contributed by atoms with Crippen LogP contribution in [-0.4, -0.2) is 19.1 Å². The number of carbonyl (C=O) groups is 1. The molecule has 5 rings (SSSR count). The highest BCUT2D eigenvalue weighted by molar-refractivity contribution is 7.92. The predicted octanol–water partition coefficient (Wildman–Crippen LogP) is 4.14. The largest absolute Gasteiger partial charge is 0.354 e. The molecule has 0 radical (unpaired) electrons. The Bertz CT molecular complexity index is 1370. The topological polar surface area (TPSA) is 106 Å². The van der Waals surface area contributed by atoms with Crippen LogP contribution in [0, 0.1) is 10.1 Å². The number of fused-ring (bicyclic) bond motifs is 3. The van der Waals surface area contributed by atoms with Gasteiger partial charge >= 0.3 is 0 Å². The van der Waals surface area contributed by atoms with E-state index in [4.69, 9.17) is 0 Å². The van der Waals surface area contributed by atoms with Crippen molar-refractivity contribution in [3.63, 3.8) is 0 Å². The van der Waals surface area contributed by atoms with Crippen molar-refractivity contribution < 1.29 is 18.1 Å². The summed E-state index contributed by atoms with van der Waals surface area (Å²) >= 11 is 0. The van der Waals surface area contributed by atoms with Gasteiger partial charge in [0.05, 0.1) is 21.2 Å². The lowest BCUT2D eigenvalue weighted by Crippen LogP contribution is -2.19. The summed E-state index contributed by atoms with van der Waals surface area (Å²) in [6.07, 6.45) is 0. The molecule has 8 heteroatoms. The number of para-hydroxylation sites is 1. The van der Waals surface area contributed by atoms with Crippen molar-refractivity contribution in [3.05, 3.63) is 105 Å². The van der Waals surface area contributed by atoms with Crippen LogP contribution in [0.15, 0.2) is 83.3 Å². The van der Waals surface area contributed by atoms with Crippen molar-refractivity contribution in [3.8, 4) is 0 Å². The van der Waals surface area contributed by atoms with Crippen LogP contribution >= 0.6 is 0 Å². The summed E-state index contributed by atoms with van der Waals surface area (Å²) in [5.41, 5.74) is 2.17. The fourth-order valence-corrected chi connectivity index (χ4v) is 6.04. The number of rotatable bonds is 2. The van der Waals surface area contributed by atoms with E-state index in [0.29, 0.717) is 28.1 Å². The van der Waals surface area contributed by atoms with Crippen LogP contribution in [0.4, 0.5) is 11.4 Å². The zero-order chi connectivity index (χ0) is 21.0. The highest BCUT2D eigenvalue weighted by Crippen LogP contribution is 2.49. The van der Waals surface area contributed by atoms with Gasteiger partial charge in [0.15, 0.2) is 15.6 Å². The standard InChI is InChI=1S/C22H14N2O5S/c25-21-16-6-2-1-5-15(16)20-19(21)22(13-9-11-14(12-10-13)24(26)27)30(28,29)18-8-4-3-7-17(18)23-20/h1-12,22-23H. The molecule has 1 unspecified atom stereocenters. The average Bonchev–Trinajstić information content (AvgIpc) is 2.95. The van der Waals surface area contributed by atoms with Crippen LogP contribution < -0.4 is 5.32 Å². The molecule has 0 bridgehead atoms. The van der Waals surface area contributed by atoms with Gasteiger partial charge in [0, 0.05) is 28.8 Å². The molecule has 1 N–H and O–H groups in total. The Kier molecular flexibility index (Phi) is 3.87. The molecule has 1 aliphatic carbocycles. The first-order valence-electron chi connectivity index (χ1n) is 9.12. The highest BCUT2D eigenvalue weighted by Gasteiger charge is 2.45.